The van der Waals surface area contributed by atoms with Crippen molar-refractivity contribution in [2.45, 2.75) is 24.3 Å². The van der Waals surface area contributed by atoms with Crippen LogP contribution >= 0.6 is 11.6 Å². The molecule has 2 aromatic carbocycles. The molecule has 0 bridgehead atoms. The quantitative estimate of drug-likeness (QED) is 0.779. The van der Waals surface area contributed by atoms with Gasteiger partial charge in [0.05, 0.1) is 4.90 Å². The highest BCUT2D eigenvalue weighted by Crippen LogP contribution is 2.32. The Morgan fingerprint density at radius 1 is 1.07 bits per heavy atom. The molecule has 2 aliphatic rings. The molecule has 1 saturated heterocycles. The molecule has 1 fully saturated rings. The Morgan fingerprint density at radius 2 is 1.76 bits per heavy atom. The largest absolute Gasteiger partial charge is 0.454 e. The first-order valence-corrected chi connectivity index (χ1v) is 11.2. The fraction of sp³-hybridized carbons (Fsp3) is 0.350. The molecule has 154 valence electrons. The molecule has 0 saturated carbocycles. The van der Waals surface area contributed by atoms with E-state index >= 15 is 0 Å². The molecule has 1 N–H and O–H groups in total. The molecule has 2 aliphatic heterocycles. The molecule has 9 heteroatoms. The number of rotatable bonds is 5. The summed E-state index contributed by atoms with van der Waals surface area (Å²) in [6, 6.07) is 11.7. The molecule has 0 spiro atoms. The summed E-state index contributed by atoms with van der Waals surface area (Å²) in [5.74, 6) is 1.11. The molecular weight excluding hydrogens is 416 g/mol. The number of fused-ring (bicyclic) bond motifs is 1. The number of piperidine rings is 1. The van der Waals surface area contributed by atoms with Crippen LogP contribution in [0, 0.1) is 5.92 Å². The first-order chi connectivity index (χ1) is 13.9. The molecule has 7 nitrogen and oxygen atoms in total. The summed E-state index contributed by atoms with van der Waals surface area (Å²) in [6.45, 7) is 1.22. The second-order valence-electron chi connectivity index (χ2n) is 7.04. The van der Waals surface area contributed by atoms with Crippen molar-refractivity contribution >= 4 is 27.5 Å². The van der Waals surface area contributed by atoms with Gasteiger partial charge in [-0.1, -0.05) is 17.7 Å². The van der Waals surface area contributed by atoms with Crippen molar-refractivity contribution in [1.82, 2.24) is 9.62 Å². The number of nitrogens with one attached hydrogen (secondary N) is 1. The van der Waals surface area contributed by atoms with Crippen LogP contribution < -0.4 is 14.8 Å². The zero-order valence-corrected chi connectivity index (χ0v) is 17.2. The maximum atomic E-state index is 12.7. The minimum absolute atomic E-state index is 0.0637. The average molecular weight is 437 g/mol. The SMILES string of the molecule is O=C(NCc1ccc2c(c1)OCO2)C1CCN(S(=O)(=O)c2ccc(Cl)cc2)CC1. The summed E-state index contributed by atoms with van der Waals surface area (Å²) in [5, 5.41) is 3.42. The third-order valence-electron chi connectivity index (χ3n) is 5.18. The molecule has 1 amide bonds. The summed E-state index contributed by atoms with van der Waals surface area (Å²) >= 11 is 5.84. The number of hydrogen-bond donors (Lipinski definition) is 1. The predicted octanol–water partition coefficient (Wildman–Crippen LogP) is 2.79. The molecule has 2 heterocycles. The van der Waals surface area contributed by atoms with Crippen LogP contribution in [0.4, 0.5) is 0 Å². The first-order valence-electron chi connectivity index (χ1n) is 9.35. The van der Waals surface area contributed by atoms with Crippen molar-refractivity contribution in [3.8, 4) is 11.5 Å². The average Bonchev–Trinajstić information content (AvgIpc) is 3.20. The van der Waals surface area contributed by atoms with E-state index in [9.17, 15) is 13.2 Å². The fourth-order valence-corrected chi connectivity index (χ4v) is 5.09. The fourth-order valence-electron chi connectivity index (χ4n) is 3.50. The van der Waals surface area contributed by atoms with Gasteiger partial charge in [-0.2, -0.15) is 4.31 Å². The van der Waals surface area contributed by atoms with Crippen molar-refractivity contribution in [1.29, 1.82) is 0 Å². The van der Waals surface area contributed by atoms with Crippen LogP contribution in [0.1, 0.15) is 18.4 Å². The predicted molar refractivity (Wildman–Crippen MR) is 107 cm³/mol. The van der Waals surface area contributed by atoms with E-state index < -0.39 is 10.0 Å². The lowest BCUT2D eigenvalue weighted by Crippen LogP contribution is -2.42. The summed E-state index contributed by atoms with van der Waals surface area (Å²) < 4.78 is 37.5. The second-order valence-corrected chi connectivity index (χ2v) is 9.41. The number of benzene rings is 2. The molecule has 0 aromatic heterocycles. The monoisotopic (exact) mass is 436 g/mol. The lowest BCUT2D eigenvalue weighted by atomic mass is 9.97. The van der Waals surface area contributed by atoms with E-state index in [1.54, 1.807) is 12.1 Å². The lowest BCUT2D eigenvalue weighted by molar-refractivity contribution is -0.126. The Balaban J connectivity index is 1.31. The van der Waals surface area contributed by atoms with Gasteiger partial charge in [0.1, 0.15) is 0 Å². The highest BCUT2D eigenvalue weighted by Gasteiger charge is 2.32. The maximum absolute atomic E-state index is 12.7. The minimum atomic E-state index is -3.57. The van der Waals surface area contributed by atoms with Gasteiger partial charge >= 0.3 is 0 Å². The molecule has 0 unspecified atom stereocenters. The van der Waals surface area contributed by atoms with Gasteiger partial charge in [0, 0.05) is 30.6 Å². The highest BCUT2D eigenvalue weighted by molar-refractivity contribution is 7.89. The summed E-state index contributed by atoms with van der Waals surface area (Å²) in [6.07, 6.45) is 0.972. The van der Waals surface area contributed by atoms with E-state index in [0.717, 1.165) is 5.56 Å². The van der Waals surface area contributed by atoms with Crippen molar-refractivity contribution < 1.29 is 22.7 Å². The number of sulfonamides is 1. The van der Waals surface area contributed by atoms with Gasteiger partial charge in [-0.3, -0.25) is 4.79 Å². The lowest BCUT2D eigenvalue weighted by Gasteiger charge is -2.30. The molecule has 29 heavy (non-hydrogen) atoms. The van der Waals surface area contributed by atoms with Gasteiger partial charge < -0.3 is 14.8 Å². The van der Waals surface area contributed by atoms with Crippen LogP contribution in [-0.2, 0) is 21.4 Å². The maximum Gasteiger partial charge on any atom is 0.243 e. The Kier molecular flexibility index (Phi) is 5.67. The zero-order chi connectivity index (χ0) is 20.4. The van der Waals surface area contributed by atoms with Crippen LogP contribution in [0.3, 0.4) is 0 Å². The number of nitrogens with zero attached hydrogens (tertiary/aromatic N) is 1. The summed E-state index contributed by atoms with van der Waals surface area (Å²) in [5.41, 5.74) is 0.922. The Hall–Kier alpha value is -2.29. The standard InChI is InChI=1S/C20H21ClN2O5S/c21-16-2-4-17(5-3-16)29(25,26)23-9-7-15(8-10-23)20(24)22-12-14-1-6-18-19(11-14)28-13-27-18/h1-6,11,15H,7-10,12-13H2,(H,22,24). The van der Waals surface area contributed by atoms with Gasteiger partial charge in [-0.25, -0.2) is 8.42 Å². The summed E-state index contributed by atoms with van der Waals surface area (Å²) in [4.78, 5) is 12.7. The van der Waals surface area contributed by atoms with E-state index in [2.05, 4.69) is 5.32 Å². The third kappa shape index (κ3) is 4.34. The minimum Gasteiger partial charge on any atom is -0.454 e. The van der Waals surface area contributed by atoms with Crippen molar-refractivity contribution in [3.05, 3.63) is 53.1 Å². The van der Waals surface area contributed by atoms with E-state index in [1.165, 1.54) is 16.4 Å². The van der Waals surface area contributed by atoms with Crippen LogP contribution in [0.5, 0.6) is 11.5 Å². The van der Waals surface area contributed by atoms with Crippen molar-refractivity contribution in [3.63, 3.8) is 0 Å². The third-order valence-corrected chi connectivity index (χ3v) is 7.34. The smallest absolute Gasteiger partial charge is 0.243 e. The number of carbonyl (C=O) groups excluding carboxylic acids is 1. The van der Waals surface area contributed by atoms with Gasteiger partial charge in [0.25, 0.3) is 0 Å². The van der Waals surface area contributed by atoms with Crippen LogP contribution in [0.2, 0.25) is 5.02 Å². The van der Waals surface area contributed by atoms with Gasteiger partial charge in [0.15, 0.2) is 11.5 Å². The van der Waals surface area contributed by atoms with Gasteiger partial charge in [-0.15, -0.1) is 0 Å². The Bertz CT molecular complexity index is 1000. The Morgan fingerprint density at radius 3 is 2.48 bits per heavy atom. The summed E-state index contributed by atoms with van der Waals surface area (Å²) in [7, 11) is -3.57. The van der Waals surface area contributed by atoms with E-state index in [-0.39, 0.29) is 23.5 Å². The van der Waals surface area contributed by atoms with E-state index in [1.807, 2.05) is 18.2 Å². The van der Waals surface area contributed by atoms with Crippen molar-refractivity contribution in [2.75, 3.05) is 19.9 Å². The number of hydrogen-bond acceptors (Lipinski definition) is 5. The van der Waals surface area contributed by atoms with Crippen LogP contribution in [-0.4, -0.2) is 38.5 Å². The number of amides is 1. The number of ether oxygens (including phenoxy) is 2. The van der Waals surface area contributed by atoms with E-state index in [0.29, 0.717) is 49.0 Å². The highest BCUT2D eigenvalue weighted by atomic mass is 35.5. The normalized spacial score (nSPS) is 17.3. The molecule has 0 atom stereocenters. The van der Waals surface area contributed by atoms with Gasteiger partial charge in [-0.05, 0) is 54.8 Å². The molecule has 4 rings (SSSR count). The molecule has 0 aliphatic carbocycles. The second kappa shape index (κ2) is 8.22. The van der Waals surface area contributed by atoms with Crippen LogP contribution in [0.25, 0.3) is 0 Å². The first kappa shape index (κ1) is 20.0. The molecule has 2 aromatic rings. The number of halogens is 1. The zero-order valence-electron chi connectivity index (χ0n) is 15.6. The van der Waals surface area contributed by atoms with Gasteiger partial charge in [0.2, 0.25) is 22.7 Å². The number of carbonyl (C=O) groups is 1. The van der Waals surface area contributed by atoms with Crippen LogP contribution in [0.15, 0.2) is 47.4 Å². The Labute approximate surface area is 174 Å². The van der Waals surface area contributed by atoms with E-state index in [4.69, 9.17) is 21.1 Å². The topological polar surface area (TPSA) is 84.9 Å². The molecule has 0 radical (unpaired) electrons. The molecular formula is C20H21ClN2O5S. The van der Waals surface area contributed by atoms with Crippen molar-refractivity contribution in [2.24, 2.45) is 5.92 Å².